The predicted octanol–water partition coefficient (Wildman–Crippen LogP) is 2.95. The Hall–Kier alpha value is -2.53. The van der Waals surface area contributed by atoms with E-state index in [1.54, 1.807) is 7.11 Å². The quantitative estimate of drug-likeness (QED) is 0.468. The largest absolute Gasteiger partial charge is 0.491 e. The Balaban J connectivity index is 1.92. The van der Waals surface area contributed by atoms with E-state index in [4.69, 9.17) is 15.2 Å². The molecule has 0 aliphatic heterocycles. The van der Waals surface area contributed by atoms with Crippen LogP contribution in [0.25, 0.3) is 0 Å². The first kappa shape index (κ1) is 16.8. The Bertz CT molecular complexity index is 656. The molecular weight excluding hydrogens is 290 g/mol. The average molecular weight is 313 g/mol. The van der Waals surface area contributed by atoms with Gasteiger partial charge in [-0.25, -0.2) is 4.99 Å². The van der Waals surface area contributed by atoms with Gasteiger partial charge >= 0.3 is 0 Å². The number of aliphatic imine (C=N–C) groups is 1. The van der Waals surface area contributed by atoms with Gasteiger partial charge in [-0.2, -0.15) is 0 Å². The molecular formula is C18H23N3O2. The van der Waals surface area contributed by atoms with E-state index in [1.807, 2.05) is 55.5 Å². The lowest BCUT2D eigenvalue weighted by molar-refractivity contribution is 0.146. The van der Waals surface area contributed by atoms with Gasteiger partial charge in [-0.1, -0.05) is 24.3 Å². The molecule has 5 heteroatoms. The highest BCUT2D eigenvalue weighted by atomic mass is 16.5. The van der Waals surface area contributed by atoms with Crippen molar-refractivity contribution < 1.29 is 9.47 Å². The second kappa shape index (κ2) is 8.80. The fourth-order valence-corrected chi connectivity index (χ4v) is 2.06. The number of hydrogen-bond donors (Lipinski definition) is 2. The molecule has 0 bridgehead atoms. The lowest BCUT2D eigenvalue weighted by Crippen LogP contribution is -2.22. The van der Waals surface area contributed by atoms with E-state index in [0.717, 1.165) is 17.0 Å². The smallest absolute Gasteiger partial charge is 0.193 e. The molecule has 0 aliphatic rings. The van der Waals surface area contributed by atoms with Gasteiger partial charge in [0.2, 0.25) is 0 Å². The second-order valence-corrected chi connectivity index (χ2v) is 5.18. The zero-order chi connectivity index (χ0) is 16.5. The van der Waals surface area contributed by atoms with E-state index in [-0.39, 0.29) is 0 Å². The Morgan fingerprint density at radius 2 is 1.96 bits per heavy atom. The monoisotopic (exact) mass is 313 g/mol. The molecule has 0 aliphatic carbocycles. The number of nitrogens with zero attached hydrogens (tertiary/aromatic N) is 1. The molecule has 3 N–H and O–H groups in total. The minimum absolute atomic E-state index is 0.390. The molecule has 5 nitrogen and oxygen atoms in total. The Labute approximate surface area is 137 Å². The molecule has 122 valence electrons. The van der Waals surface area contributed by atoms with Crippen molar-refractivity contribution in [2.24, 2.45) is 10.7 Å². The van der Waals surface area contributed by atoms with Gasteiger partial charge in [0.15, 0.2) is 5.96 Å². The molecule has 0 aromatic heterocycles. The number of guanidine groups is 1. The van der Waals surface area contributed by atoms with Crippen LogP contribution in [0.2, 0.25) is 0 Å². The molecule has 0 amide bonds. The van der Waals surface area contributed by atoms with Crippen LogP contribution < -0.4 is 15.8 Å². The molecule has 2 aromatic rings. The summed E-state index contributed by atoms with van der Waals surface area (Å²) in [6.07, 6.45) is 0. The summed E-state index contributed by atoms with van der Waals surface area (Å²) < 4.78 is 10.5. The normalized spacial score (nSPS) is 11.3. The van der Waals surface area contributed by atoms with Crippen molar-refractivity contribution >= 4 is 11.6 Å². The minimum Gasteiger partial charge on any atom is -0.491 e. The Kier molecular flexibility index (Phi) is 6.44. The molecule has 0 spiro atoms. The maximum absolute atomic E-state index is 5.93. The van der Waals surface area contributed by atoms with E-state index >= 15 is 0 Å². The fraction of sp³-hybridized carbons (Fsp3) is 0.278. The maximum atomic E-state index is 5.93. The highest BCUT2D eigenvalue weighted by molar-refractivity contribution is 5.92. The van der Waals surface area contributed by atoms with Crippen molar-refractivity contribution in [1.29, 1.82) is 0 Å². The number of hydrogen-bond acceptors (Lipinski definition) is 3. The molecule has 0 saturated heterocycles. The van der Waals surface area contributed by atoms with Gasteiger partial charge in [0.05, 0.1) is 13.2 Å². The first-order valence-electron chi connectivity index (χ1n) is 7.51. The molecule has 0 heterocycles. The standard InChI is InChI=1S/C18H23N3O2/c1-14-5-3-7-16(11-14)21-18(19)20-13-15-6-4-8-17(12-15)23-10-9-22-2/h3-8,11-12H,9-10,13H2,1-2H3,(H3,19,20,21). The summed E-state index contributed by atoms with van der Waals surface area (Å²) in [6.45, 7) is 3.62. The molecule has 0 atom stereocenters. The van der Waals surface area contributed by atoms with Crippen LogP contribution >= 0.6 is 0 Å². The third kappa shape index (κ3) is 6.00. The van der Waals surface area contributed by atoms with Crippen LogP contribution in [0.5, 0.6) is 5.75 Å². The molecule has 2 aromatic carbocycles. The van der Waals surface area contributed by atoms with E-state index in [9.17, 15) is 0 Å². The zero-order valence-corrected chi connectivity index (χ0v) is 13.6. The van der Waals surface area contributed by atoms with E-state index in [1.165, 1.54) is 5.56 Å². The topological polar surface area (TPSA) is 68.9 Å². The summed E-state index contributed by atoms with van der Waals surface area (Å²) in [5, 5.41) is 3.09. The molecule has 0 radical (unpaired) electrons. The van der Waals surface area contributed by atoms with Gasteiger partial charge in [-0.3, -0.25) is 0 Å². The van der Waals surface area contributed by atoms with Crippen molar-refractivity contribution in [3.8, 4) is 5.75 Å². The van der Waals surface area contributed by atoms with Crippen LogP contribution in [0.15, 0.2) is 53.5 Å². The Morgan fingerprint density at radius 3 is 2.74 bits per heavy atom. The third-order valence-corrected chi connectivity index (χ3v) is 3.18. The maximum Gasteiger partial charge on any atom is 0.193 e. The third-order valence-electron chi connectivity index (χ3n) is 3.18. The summed E-state index contributed by atoms with van der Waals surface area (Å²) in [6, 6.07) is 15.8. The summed E-state index contributed by atoms with van der Waals surface area (Å²) in [5.74, 6) is 1.20. The minimum atomic E-state index is 0.390. The van der Waals surface area contributed by atoms with Gasteiger partial charge in [-0.15, -0.1) is 0 Å². The number of benzene rings is 2. The summed E-state index contributed by atoms with van der Waals surface area (Å²) in [5.41, 5.74) is 9.07. The number of methoxy groups -OCH3 is 1. The van der Waals surface area contributed by atoms with Crippen molar-refractivity contribution in [2.45, 2.75) is 13.5 Å². The van der Waals surface area contributed by atoms with Crippen LogP contribution in [0.1, 0.15) is 11.1 Å². The van der Waals surface area contributed by atoms with Crippen molar-refractivity contribution in [1.82, 2.24) is 0 Å². The Morgan fingerprint density at radius 1 is 1.13 bits per heavy atom. The van der Waals surface area contributed by atoms with E-state index < -0.39 is 0 Å². The van der Waals surface area contributed by atoms with Gasteiger partial charge in [0.25, 0.3) is 0 Å². The summed E-state index contributed by atoms with van der Waals surface area (Å²) >= 11 is 0. The molecule has 0 fully saturated rings. The van der Waals surface area contributed by atoms with Crippen molar-refractivity contribution in [3.63, 3.8) is 0 Å². The average Bonchev–Trinajstić information content (AvgIpc) is 2.54. The number of ether oxygens (including phenoxy) is 2. The highest BCUT2D eigenvalue weighted by Gasteiger charge is 1.99. The van der Waals surface area contributed by atoms with E-state index in [0.29, 0.717) is 25.7 Å². The first-order chi connectivity index (χ1) is 11.2. The molecule has 23 heavy (non-hydrogen) atoms. The van der Waals surface area contributed by atoms with Crippen LogP contribution in [-0.2, 0) is 11.3 Å². The number of anilines is 1. The number of aryl methyl sites for hydroxylation is 1. The van der Waals surface area contributed by atoms with Gasteiger partial charge in [0.1, 0.15) is 12.4 Å². The van der Waals surface area contributed by atoms with Gasteiger partial charge < -0.3 is 20.5 Å². The summed E-state index contributed by atoms with van der Waals surface area (Å²) in [4.78, 5) is 4.36. The molecule has 0 saturated carbocycles. The van der Waals surface area contributed by atoms with Crippen LogP contribution in [0.3, 0.4) is 0 Å². The lowest BCUT2D eigenvalue weighted by atomic mass is 10.2. The number of nitrogens with two attached hydrogens (primary N) is 1. The SMILES string of the molecule is COCCOc1cccc(CN=C(N)Nc2cccc(C)c2)c1. The van der Waals surface area contributed by atoms with Crippen molar-refractivity contribution in [3.05, 3.63) is 59.7 Å². The predicted molar refractivity (Wildman–Crippen MR) is 93.9 cm³/mol. The fourth-order valence-electron chi connectivity index (χ4n) is 2.06. The lowest BCUT2D eigenvalue weighted by Gasteiger charge is -2.08. The van der Waals surface area contributed by atoms with Crippen LogP contribution in [-0.4, -0.2) is 26.3 Å². The zero-order valence-electron chi connectivity index (χ0n) is 13.6. The second-order valence-electron chi connectivity index (χ2n) is 5.18. The van der Waals surface area contributed by atoms with E-state index in [2.05, 4.69) is 10.3 Å². The van der Waals surface area contributed by atoms with Gasteiger partial charge in [-0.05, 0) is 42.3 Å². The summed E-state index contributed by atoms with van der Waals surface area (Å²) in [7, 11) is 1.65. The van der Waals surface area contributed by atoms with Gasteiger partial charge in [0, 0.05) is 12.8 Å². The van der Waals surface area contributed by atoms with Crippen LogP contribution in [0.4, 0.5) is 5.69 Å². The molecule has 0 unspecified atom stereocenters. The first-order valence-corrected chi connectivity index (χ1v) is 7.51. The molecule has 2 rings (SSSR count). The number of nitrogens with one attached hydrogen (secondary N) is 1. The number of rotatable bonds is 7. The highest BCUT2D eigenvalue weighted by Crippen LogP contribution is 2.14. The van der Waals surface area contributed by atoms with Crippen molar-refractivity contribution in [2.75, 3.05) is 25.6 Å². The van der Waals surface area contributed by atoms with Crippen LogP contribution in [0, 0.1) is 6.92 Å².